The van der Waals surface area contributed by atoms with E-state index in [4.69, 9.17) is 21.6 Å². The van der Waals surface area contributed by atoms with Crippen LogP contribution in [0.1, 0.15) is 108 Å². The van der Waals surface area contributed by atoms with Crippen LogP contribution in [0.3, 0.4) is 0 Å². The molecule has 2 aromatic carbocycles. The Kier molecular flexibility index (Phi) is 17.8. The third-order valence-corrected chi connectivity index (χ3v) is 14.0. The summed E-state index contributed by atoms with van der Waals surface area (Å²) in [5.74, 6) is -2.22. The number of aryl methyl sites for hydroxylation is 1. The van der Waals surface area contributed by atoms with Gasteiger partial charge in [-0.15, -0.1) is 0 Å². The van der Waals surface area contributed by atoms with Crippen molar-refractivity contribution in [3.8, 4) is 5.75 Å². The number of carboxylic acid groups (broad SMARTS) is 1. The molecule has 2 aliphatic heterocycles. The van der Waals surface area contributed by atoms with Crippen LogP contribution in [-0.4, -0.2) is 108 Å². The maximum Gasteiger partial charge on any atom is 0.326 e. The zero-order chi connectivity index (χ0) is 46.9. The van der Waals surface area contributed by atoms with Gasteiger partial charge in [-0.3, -0.25) is 15.0 Å². The largest absolute Gasteiger partial charge is 0.496 e. The number of likely N-dealkylation sites (tertiary alicyclic amines) is 1. The molecule has 63 heavy (non-hydrogen) atoms. The van der Waals surface area contributed by atoms with E-state index in [-0.39, 0.29) is 42.3 Å². The van der Waals surface area contributed by atoms with Crippen molar-refractivity contribution in [1.29, 1.82) is 5.41 Å². The lowest BCUT2D eigenvalue weighted by atomic mass is 9.75. The molecule has 17 heteroatoms. The zero-order valence-electron chi connectivity index (χ0n) is 38.4. The quantitative estimate of drug-likeness (QED) is 0.0395. The van der Waals surface area contributed by atoms with Crippen molar-refractivity contribution in [2.75, 3.05) is 20.2 Å². The van der Waals surface area contributed by atoms with Crippen LogP contribution in [0.5, 0.6) is 5.75 Å². The summed E-state index contributed by atoms with van der Waals surface area (Å²) in [4.78, 5) is 41.5. The summed E-state index contributed by atoms with van der Waals surface area (Å²) < 4.78 is 35.6. The summed E-state index contributed by atoms with van der Waals surface area (Å²) in [7, 11) is -2.76. The summed E-state index contributed by atoms with van der Waals surface area (Å²) in [5.41, 5.74) is 14.0. The fourth-order valence-electron chi connectivity index (χ4n) is 9.45. The van der Waals surface area contributed by atoms with Gasteiger partial charge in [0.25, 0.3) is 10.0 Å². The number of carbonyl (C=O) groups excluding carboxylic acids is 2. The Morgan fingerprint density at radius 2 is 1.78 bits per heavy atom. The Morgan fingerprint density at radius 1 is 1.10 bits per heavy atom. The highest BCUT2D eigenvalue weighted by molar-refractivity contribution is 7.90. The van der Waals surface area contributed by atoms with E-state index in [1.165, 1.54) is 12.2 Å². The van der Waals surface area contributed by atoms with Crippen molar-refractivity contribution in [3.63, 3.8) is 0 Å². The molecule has 350 valence electrons. The zero-order valence-corrected chi connectivity index (χ0v) is 39.2. The van der Waals surface area contributed by atoms with E-state index in [9.17, 15) is 33.1 Å². The number of aliphatic carboxylic acids is 1. The van der Waals surface area contributed by atoms with E-state index in [0.29, 0.717) is 79.8 Å². The molecule has 2 aliphatic rings. The molecule has 2 unspecified atom stereocenters. The molecule has 10 N–H and O–H groups in total. The average Bonchev–Trinajstić information content (AvgIpc) is 3.69. The van der Waals surface area contributed by atoms with Crippen LogP contribution in [0.4, 0.5) is 0 Å². The second-order valence-electron chi connectivity index (χ2n) is 18.7. The fourth-order valence-corrected chi connectivity index (χ4v) is 10.9. The highest BCUT2D eigenvalue weighted by Gasteiger charge is 2.46. The molecule has 2 fully saturated rings. The maximum absolute atomic E-state index is 14.0. The van der Waals surface area contributed by atoms with Gasteiger partial charge in [0.1, 0.15) is 17.8 Å². The molecule has 2 heterocycles. The smallest absolute Gasteiger partial charge is 0.326 e. The number of nitrogens with two attached hydrogens (primary N) is 2. The molecule has 6 atom stereocenters. The number of nitrogens with one attached hydrogen (secondary N) is 4. The van der Waals surface area contributed by atoms with Crippen molar-refractivity contribution in [2.24, 2.45) is 23.3 Å². The van der Waals surface area contributed by atoms with Gasteiger partial charge in [0.15, 0.2) is 0 Å². The van der Waals surface area contributed by atoms with Gasteiger partial charge in [-0.1, -0.05) is 56.3 Å². The van der Waals surface area contributed by atoms with Gasteiger partial charge in [0, 0.05) is 36.3 Å². The Labute approximate surface area is 374 Å². The third-order valence-electron chi connectivity index (χ3n) is 12.4. The SMILES string of the molecule is COc1cc(C)c(S(=O)(=O)NC(=N)NCCC[C@H](NC(=O)[C@@H]2CCCN2C(=O)[C@H](/C=C/[C@@H](N)CC(C)C)Cc2ccccc2)C(=O)O)c(C)c1CCC1(C)CC(N)CC(C)(C)N1O. The number of hydrogen-bond donors (Lipinski definition) is 8. The van der Waals surface area contributed by atoms with E-state index in [0.717, 1.165) is 12.0 Å². The average molecular weight is 897 g/mol. The first-order valence-corrected chi connectivity index (χ1v) is 23.6. The van der Waals surface area contributed by atoms with Crippen LogP contribution in [0.2, 0.25) is 0 Å². The molecule has 2 amide bonds. The standard InChI is InChI=1S/C46H72N8O8S/c1-29(2)24-34(47)19-18-33(26-32-14-10-9-11-15-32)42(56)53-23-13-17-38(53)41(55)51-37(43(57)58)16-12-22-50-44(49)52-63(60,61)40-30(3)25-39(62-8)36(31(40)4)20-21-46(7)28-35(48)27-45(5,6)54(46)59/h9-11,14-15,18-19,25,29,33-35,37-38,59H,12-13,16-17,20-24,26-28,47-48H2,1-8H3,(H,51,55)(H,57,58)(H3,49,50,52)/b19-18+/t33-,34-,35?,37+,38+,46?/m1/s1. The number of hydroxylamine groups is 2. The van der Waals surface area contributed by atoms with Gasteiger partial charge in [-0.2, -0.15) is 5.06 Å². The van der Waals surface area contributed by atoms with Crippen LogP contribution < -0.4 is 31.6 Å². The number of nitrogens with zero attached hydrogens (tertiary/aromatic N) is 2. The molecular weight excluding hydrogens is 825 g/mol. The van der Waals surface area contributed by atoms with Crippen LogP contribution in [0, 0.1) is 31.1 Å². The molecule has 0 aromatic heterocycles. The molecule has 0 radical (unpaired) electrons. The van der Waals surface area contributed by atoms with Crippen molar-refractivity contribution in [3.05, 3.63) is 70.8 Å². The number of guanidine groups is 1. The number of methoxy groups -OCH3 is 1. The Balaban J connectivity index is 1.37. The third kappa shape index (κ3) is 13.5. The van der Waals surface area contributed by atoms with Crippen molar-refractivity contribution >= 4 is 33.8 Å². The van der Waals surface area contributed by atoms with Gasteiger partial charge in [-0.05, 0) is 133 Å². The molecule has 0 saturated carbocycles. The Morgan fingerprint density at radius 3 is 2.41 bits per heavy atom. The summed E-state index contributed by atoms with van der Waals surface area (Å²) in [6.07, 6.45) is 8.04. The number of ether oxygens (including phenoxy) is 1. The number of benzene rings is 2. The lowest BCUT2D eigenvalue weighted by Gasteiger charge is -2.52. The summed E-state index contributed by atoms with van der Waals surface area (Å²) in [5, 5.41) is 36.4. The first kappa shape index (κ1) is 51.1. The highest BCUT2D eigenvalue weighted by atomic mass is 32.2. The van der Waals surface area contributed by atoms with Crippen molar-refractivity contribution in [1.82, 2.24) is 25.3 Å². The van der Waals surface area contributed by atoms with Gasteiger partial charge in [0.05, 0.1) is 17.9 Å². The van der Waals surface area contributed by atoms with Crippen LogP contribution in [0.15, 0.2) is 53.4 Å². The van der Waals surface area contributed by atoms with E-state index >= 15 is 0 Å². The van der Waals surface area contributed by atoms with E-state index in [1.54, 1.807) is 24.8 Å². The van der Waals surface area contributed by atoms with Gasteiger partial charge >= 0.3 is 5.97 Å². The van der Waals surface area contributed by atoms with Crippen LogP contribution in [0.25, 0.3) is 0 Å². The molecule has 4 rings (SSSR count). The second-order valence-corrected chi connectivity index (χ2v) is 20.4. The number of carbonyl (C=O) groups is 3. The van der Waals surface area contributed by atoms with Crippen LogP contribution >= 0.6 is 0 Å². The predicted molar refractivity (Wildman–Crippen MR) is 244 cm³/mol. The van der Waals surface area contributed by atoms with Gasteiger partial charge in [0.2, 0.25) is 17.8 Å². The van der Waals surface area contributed by atoms with Crippen LogP contribution in [-0.2, 0) is 37.2 Å². The summed E-state index contributed by atoms with van der Waals surface area (Å²) in [6.45, 7) is 13.7. The summed E-state index contributed by atoms with van der Waals surface area (Å²) >= 11 is 0. The number of rotatable bonds is 20. The lowest BCUT2D eigenvalue weighted by molar-refractivity contribution is -0.251. The second kappa shape index (κ2) is 21.9. The molecular formula is C46H72N8O8S. The number of amides is 2. The van der Waals surface area contributed by atoms with Crippen molar-refractivity contribution < 1.29 is 37.9 Å². The molecule has 16 nitrogen and oxygen atoms in total. The highest BCUT2D eigenvalue weighted by Crippen LogP contribution is 2.41. The van der Waals surface area contributed by atoms with Crippen molar-refractivity contribution in [2.45, 2.75) is 153 Å². The fraction of sp³-hybridized carbons (Fsp3) is 0.609. The predicted octanol–water partition coefficient (Wildman–Crippen LogP) is 4.53. The molecule has 2 saturated heterocycles. The molecule has 2 aromatic rings. The normalized spacial score (nSPS) is 21.8. The van der Waals surface area contributed by atoms with E-state index in [2.05, 4.69) is 29.2 Å². The molecule has 0 spiro atoms. The lowest BCUT2D eigenvalue weighted by Crippen LogP contribution is -2.63. The van der Waals surface area contributed by atoms with Gasteiger partial charge in [-0.25, -0.2) is 17.9 Å². The first-order valence-electron chi connectivity index (χ1n) is 22.1. The minimum Gasteiger partial charge on any atom is -0.496 e. The molecule has 0 bridgehead atoms. The number of sulfonamides is 1. The Bertz CT molecular complexity index is 2060. The number of hydrogen-bond acceptors (Lipinski definition) is 11. The molecule has 0 aliphatic carbocycles. The Hall–Kier alpha value is -4.55. The number of carboxylic acids is 1. The summed E-state index contributed by atoms with van der Waals surface area (Å²) in [6, 6.07) is 8.79. The van der Waals surface area contributed by atoms with E-state index in [1.807, 2.05) is 63.3 Å². The maximum atomic E-state index is 14.0. The minimum absolute atomic E-state index is 0.00161. The topological polar surface area (TPSA) is 254 Å². The first-order chi connectivity index (χ1) is 29.5. The number of piperidine rings is 1. The monoisotopic (exact) mass is 897 g/mol. The minimum atomic E-state index is -4.27. The van der Waals surface area contributed by atoms with Gasteiger partial charge < -0.3 is 42.1 Å². The van der Waals surface area contributed by atoms with E-state index < -0.39 is 56.9 Å².